The summed E-state index contributed by atoms with van der Waals surface area (Å²) in [7, 11) is 2.16. The minimum absolute atomic E-state index is 0.00304. The Morgan fingerprint density at radius 3 is 2.04 bits per heavy atom. The van der Waals surface area contributed by atoms with Crippen LogP contribution in [-0.4, -0.2) is 35.7 Å². The molecule has 0 saturated carbocycles. The molecule has 1 aliphatic rings. The van der Waals surface area contributed by atoms with Gasteiger partial charge in [-0.05, 0) is 58.6 Å². The molecule has 5 aromatic carbocycles. The second-order valence-corrected chi connectivity index (χ2v) is 12.8. The van der Waals surface area contributed by atoms with E-state index in [9.17, 15) is 9.90 Å². The van der Waals surface area contributed by atoms with E-state index in [1.165, 1.54) is 16.3 Å². The normalized spacial score (nSPS) is 20.0. The van der Waals surface area contributed by atoms with E-state index >= 15 is 0 Å². The number of carbonyl (C=O) groups excluding carboxylic acids is 1. The van der Waals surface area contributed by atoms with Gasteiger partial charge in [0.05, 0.1) is 18.8 Å². The van der Waals surface area contributed by atoms with Crippen LogP contribution in [0.25, 0.3) is 10.8 Å². The first-order valence-corrected chi connectivity index (χ1v) is 16.7. The summed E-state index contributed by atoms with van der Waals surface area (Å²) in [6.45, 7) is 6.04. The Morgan fingerprint density at radius 1 is 0.750 bits per heavy atom. The molecule has 6 rings (SSSR count). The van der Waals surface area contributed by atoms with E-state index < -0.39 is 6.29 Å². The molecule has 5 aromatic rings. The fraction of sp³-hybridized carbons (Fsp3) is 0.293. The number of rotatable bonds is 11. The Kier molecular flexibility index (Phi) is 10.8. The van der Waals surface area contributed by atoms with Gasteiger partial charge in [0, 0.05) is 37.2 Å². The van der Waals surface area contributed by atoms with Crippen LogP contribution in [0.5, 0.6) is 0 Å². The average molecular weight is 644 g/mol. The van der Waals surface area contributed by atoms with Crippen molar-refractivity contribution >= 4 is 16.8 Å². The predicted octanol–water partition coefficient (Wildman–Crippen LogP) is 7.82. The van der Waals surface area contributed by atoms with Crippen LogP contribution in [0.15, 0.2) is 121 Å². The SMILES string of the molecule is C[C@H]1[C@@H](CN(C)[C@H](C)c2ccc3ccccc3c2)O[C@@H](c2ccc(CNC(=O)NCc3ccccc3)cc2)O[C@H]1c1ccc(CO)cc1. The topological polar surface area (TPSA) is 83.1 Å². The zero-order valence-corrected chi connectivity index (χ0v) is 27.9. The number of carbonyl (C=O) groups is 1. The van der Waals surface area contributed by atoms with Gasteiger partial charge in [0.25, 0.3) is 0 Å². The lowest BCUT2D eigenvalue weighted by molar-refractivity contribution is -0.276. The van der Waals surface area contributed by atoms with E-state index in [1.807, 2.05) is 78.9 Å². The Bertz CT molecular complexity index is 1780. The van der Waals surface area contributed by atoms with Crippen molar-refractivity contribution in [2.24, 2.45) is 5.92 Å². The molecule has 0 unspecified atom stereocenters. The highest BCUT2D eigenvalue weighted by Gasteiger charge is 2.39. The summed E-state index contributed by atoms with van der Waals surface area (Å²) in [6.07, 6.45) is -0.858. The molecule has 7 heteroatoms. The van der Waals surface area contributed by atoms with Crippen LogP contribution in [0.3, 0.4) is 0 Å². The average Bonchev–Trinajstić information content (AvgIpc) is 3.14. The van der Waals surface area contributed by atoms with E-state index in [-0.39, 0.29) is 36.8 Å². The summed E-state index contributed by atoms with van der Waals surface area (Å²) < 4.78 is 13.4. The first kappa shape index (κ1) is 33.4. The van der Waals surface area contributed by atoms with Gasteiger partial charge >= 0.3 is 6.03 Å². The van der Waals surface area contributed by atoms with Crippen LogP contribution < -0.4 is 10.6 Å². The van der Waals surface area contributed by atoms with E-state index in [0.29, 0.717) is 13.1 Å². The van der Waals surface area contributed by atoms with Gasteiger partial charge in [-0.1, -0.05) is 122 Å². The summed E-state index contributed by atoms with van der Waals surface area (Å²) in [4.78, 5) is 14.7. The van der Waals surface area contributed by atoms with E-state index in [4.69, 9.17) is 9.47 Å². The van der Waals surface area contributed by atoms with Crippen LogP contribution in [-0.2, 0) is 29.2 Å². The Balaban J connectivity index is 1.14. The molecule has 0 aliphatic carbocycles. The standard InChI is InChI=1S/C41H45N3O4/c1-28-38(26-44(3)29(2)36-22-21-33-11-7-8-12-37(33)23-36)47-40(48-39(28)34-17-15-32(27-45)16-18-34)35-19-13-31(14-20-35)25-43-41(46)42-24-30-9-5-4-6-10-30/h4-23,28-29,38-40,45H,24-27H2,1-3H3,(H2,42,43,46)/t28-,29+,38+,39+,40+/m0/s1. The van der Waals surface area contributed by atoms with Crippen LogP contribution in [0.2, 0.25) is 0 Å². The maximum Gasteiger partial charge on any atom is 0.315 e. The zero-order valence-electron chi connectivity index (χ0n) is 27.9. The maximum atomic E-state index is 12.4. The third kappa shape index (κ3) is 8.12. The van der Waals surface area contributed by atoms with Gasteiger partial charge in [0.15, 0.2) is 6.29 Å². The van der Waals surface area contributed by atoms with Crippen LogP contribution in [0, 0.1) is 5.92 Å². The number of likely N-dealkylation sites (N-methyl/N-ethyl adjacent to an activating group) is 1. The number of urea groups is 1. The number of hydrogen-bond acceptors (Lipinski definition) is 5. The number of aliphatic hydroxyl groups is 1. The molecule has 1 fully saturated rings. The third-order valence-electron chi connectivity index (χ3n) is 9.51. The zero-order chi connectivity index (χ0) is 33.5. The molecule has 1 heterocycles. The molecule has 5 atom stereocenters. The lowest BCUT2D eigenvalue weighted by atomic mass is 9.89. The second-order valence-electron chi connectivity index (χ2n) is 12.8. The molecule has 48 heavy (non-hydrogen) atoms. The summed E-state index contributed by atoms with van der Waals surface area (Å²) in [5, 5.41) is 17.9. The van der Waals surface area contributed by atoms with Crippen LogP contribution >= 0.6 is 0 Å². The number of fused-ring (bicyclic) bond motifs is 1. The monoisotopic (exact) mass is 643 g/mol. The molecule has 7 nitrogen and oxygen atoms in total. The number of amides is 2. The van der Waals surface area contributed by atoms with Crippen molar-refractivity contribution in [2.45, 2.75) is 58.1 Å². The fourth-order valence-electron chi connectivity index (χ4n) is 6.31. The van der Waals surface area contributed by atoms with Gasteiger partial charge in [-0.15, -0.1) is 0 Å². The maximum absolute atomic E-state index is 12.4. The molecular weight excluding hydrogens is 598 g/mol. The molecular formula is C41H45N3O4. The number of ether oxygens (including phenoxy) is 2. The van der Waals surface area contributed by atoms with Crippen molar-refractivity contribution in [1.82, 2.24) is 15.5 Å². The highest BCUT2D eigenvalue weighted by atomic mass is 16.7. The highest BCUT2D eigenvalue weighted by Crippen LogP contribution is 2.42. The van der Waals surface area contributed by atoms with Crippen molar-refractivity contribution in [3.8, 4) is 0 Å². The predicted molar refractivity (Wildman–Crippen MR) is 190 cm³/mol. The van der Waals surface area contributed by atoms with E-state index in [0.717, 1.165) is 34.4 Å². The third-order valence-corrected chi connectivity index (χ3v) is 9.51. The van der Waals surface area contributed by atoms with Crippen molar-refractivity contribution in [3.05, 3.63) is 155 Å². The summed E-state index contributed by atoms with van der Waals surface area (Å²) >= 11 is 0. The second kappa shape index (κ2) is 15.6. The minimum Gasteiger partial charge on any atom is -0.392 e. The summed E-state index contributed by atoms with van der Waals surface area (Å²) in [6, 6.07) is 41.0. The van der Waals surface area contributed by atoms with Gasteiger partial charge < -0.3 is 25.2 Å². The molecule has 248 valence electrons. The highest BCUT2D eigenvalue weighted by molar-refractivity contribution is 5.83. The Labute approximate surface area is 283 Å². The van der Waals surface area contributed by atoms with Crippen molar-refractivity contribution in [1.29, 1.82) is 0 Å². The smallest absolute Gasteiger partial charge is 0.315 e. The van der Waals surface area contributed by atoms with Crippen LogP contribution in [0.4, 0.5) is 4.79 Å². The molecule has 0 bridgehead atoms. The van der Waals surface area contributed by atoms with E-state index in [2.05, 4.69) is 78.9 Å². The molecule has 0 spiro atoms. The van der Waals surface area contributed by atoms with Gasteiger partial charge in [-0.3, -0.25) is 4.90 Å². The van der Waals surface area contributed by atoms with Crippen LogP contribution in [0.1, 0.15) is 65.7 Å². The number of benzene rings is 5. The Hall–Kier alpha value is -4.53. The lowest BCUT2D eigenvalue weighted by Crippen LogP contribution is -2.44. The van der Waals surface area contributed by atoms with Gasteiger partial charge in [-0.2, -0.15) is 0 Å². The van der Waals surface area contributed by atoms with E-state index in [1.54, 1.807) is 0 Å². The summed E-state index contributed by atoms with van der Waals surface area (Å²) in [5.74, 6) is 0.0744. The van der Waals surface area contributed by atoms with Crippen molar-refractivity contribution in [3.63, 3.8) is 0 Å². The van der Waals surface area contributed by atoms with Gasteiger partial charge in [0.1, 0.15) is 0 Å². The van der Waals surface area contributed by atoms with Gasteiger partial charge in [-0.25, -0.2) is 4.79 Å². The molecule has 2 amide bonds. The first-order valence-electron chi connectivity index (χ1n) is 16.7. The van der Waals surface area contributed by atoms with Gasteiger partial charge in [0.2, 0.25) is 0 Å². The largest absolute Gasteiger partial charge is 0.392 e. The first-order chi connectivity index (χ1) is 23.4. The molecule has 1 saturated heterocycles. The molecule has 0 aromatic heterocycles. The number of aliphatic hydroxyl groups excluding tert-OH is 1. The Morgan fingerprint density at radius 2 is 1.35 bits per heavy atom. The molecule has 1 aliphatic heterocycles. The molecule has 0 radical (unpaired) electrons. The van der Waals surface area contributed by atoms with Crippen molar-refractivity contribution in [2.75, 3.05) is 13.6 Å². The number of hydrogen-bond donors (Lipinski definition) is 3. The fourth-order valence-corrected chi connectivity index (χ4v) is 6.31. The summed E-state index contributed by atoms with van der Waals surface area (Å²) in [5.41, 5.74) is 6.15. The number of nitrogens with zero attached hydrogens (tertiary/aromatic N) is 1. The molecule has 3 N–H and O–H groups in total. The van der Waals surface area contributed by atoms with Crippen molar-refractivity contribution < 1.29 is 19.4 Å². The lowest BCUT2D eigenvalue weighted by Gasteiger charge is -2.43. The quantitative estimate of drug-likeness (QED) is 0.137. The minimum atomic E-state index is -0.561. The number of nitrogens with one attached hydrogen (secondary N) is 2.